The van der Waals surface area contributed by atoms with Crippen LogP contribution in [0.2, 0.25) is 0 Å². The first-order chi connectivity index (χ1) is 8.70. The molecule has 4 N–H and O–H groups in total. The second-order valence-electron chi connectivity index (χ2n) is 4.50. The maximum absolute atomic E-state index is 8.87. The fourth-order valence-corrected chi connectivity index (χ4v) is 1.81. The summed E-state index contributed by atoms with van der Waals surface area (Å²) in [6.45, 7) is 3.07. The molecule has 1 aromatic heterocycles. The first-order valence-electron chi connectivity index (χ1n) is 6.05. The quantitative estimate of drug-likeness (QED) is 0.698. The average Bonchev–Trinajstić information content (AvgIpc) is 2.36. The Kier molecular flexibility index (Phi) is 3.94. The van der Waals surface area contributed by atoms with Gasteiger partial charge >= 0.3 is 0 Å². The van der Waals surface area contributed by atoms with Gasteiger partial charge in [-0.1, -0.05) is 6.92 Å². The van der Waals surface area contributed by atoms with Gasteiger partial charge in [0.25, 0.3) is 0 Å². The van der Waals surface area contributed by atoms with Crippen molar-refractivity contribution in [2.45, 2.75) is 13.3 Å². The summed E-state index contributed by atoms with van der Waals surface area (Å²) in [4.78, 5) is 8.44. The molecule has 0 bridgehead atoms. The molecule has 1 heterocycles. The van der Waals surface area contributed by atoms with E-state index in [1.54, 1.807) is 0 Å². The van der Waals surface area contributed by atoms with E-state index in [9.17, 15) is 0 Å². The monoisotopic (exact) mass is 246 g/mol. The van der Waals surface area contributed by atoms with Crippen LogP contribution >= 0.6 is 0 Å². The molecule has 0 aliphatic rings. The van der Waals surface area contributed by atoms with Crippen molar-refractivity contribution in [3.05, 3.63) is 24.5 Å². The Balaban J connectivity index is 2.18. The van der Waals surface area contributed by atoms with Crippen molar-refractivity contribution in [3.8, 4) is 0 Å². The fourth-order valence-electron chi connectivity index (χ4n) is 1.81. The van der Waals surface area contributed by atoms with E-state index in [1.807, 2.05) is 18.2 Å². The Hall–Kier alpha value is -1.88. The van der Waals surface area contributed by atoms with Gasteiger partial charge in [0.05, 0.1) is 5.52 Å². The van der Waals surface area contributed by atoms with Crippen molar-refractivity contribution < 1.29 is 5.11 Å². The maximum atomic E-state index is 8.87. The third kappa shape index (κ3) is 2.87. The molecule has 2 rings (SSSR count). The van der Waals surface area contributed by atoms with Crippen LogP contribution in [0.3, 0.4) is 0 Å². The Morgan fingerprint density at radius 1 is 1.39 bits per heavy atom. The molecule has 18 heavy (non-hydrogen) atoms. The number of fused-ring (bicyclic) bond motifs is 1. The van der Waals surface area contributed by atoms with Crippen molar-refractivity contribution in [1.82, 2.24) is 9.97 Å². The minimum absolute atomic E-state index is 0.212. The van der Waals surface area contributed by atoms with E-state index in [0.29, 0.717) is 11.6 Å². The van der Waals surface area contributed by atoms with Gasteiger partial charge in [-0.15, -0.1) is 0 Å². The number of rotatable bonds is 5. The van der Waals surface area contributed by atoms with E-state index in [0.717, 1.165) is 29.7 Å². The van der Waals surface area contributed by atoms with Gasteiger partial charge < -0.3 is 16.2 Å². The van der Waals surface area contributed by atoms with Gasteiger partial charge in [0.1, 0.15) is 12.1 Å². The summed E-state index contributed by atoms with van der Waals surface area (Å²) in [6.07, 6.45) is 2.31. The van der Waals surface area contributed by atoms with Crippen LogP contribution in [0.5, 0.6) is 0 Å². The zero-order valence-electron chi connectivity index (χ0n) is 10.4. The smallest absolute Gasteiger partial charge is 0.137 e. The topological polar surface area (TPSA) is 84.1 Å². The van der Waals surface area contributed by atoms with E-state index >= 15 is 0 Å². The molecule has 0 saturated carbocycles. The molecule has 0 saturated heterocycles. The number of aliphatic hydroxyl groups excluding tert-OH is 1. The van der Waals surface area contributed by atoms with E-state index in [2.05, 4.69) is 22.2 Å². The highest BCUT2D eigenvalue weighted by Gasteiger charge is 2.06. The van der Waals surface area contributed by atoms with Gasteiger partial charge in [-0.3, -0.25) is 0 Å². The molecule has 0 amide bonds. The number of anilines is 2. The van der Waals surface area contributed by atoms with Gasteiger partial charge in [0, 0.05) is 24.2 Å². The van der Waals surface area contributed by atoms with Crippen molar-refractivity contribution in [2.24, 2.45) is 5.92 Å². The zero-order valence-corrected chi connectivity index (χ0v) is 10.4. The van der Waals surface area contributed by atoms with Crippen molar-refractivity contribution in [2.75, 3.05) is 24.2 Å². The Morgan fingerprint density at radius 2 is 2.22 bits per heavy atom. The van der Waals surface area contributed by atoms with Gasteiger partial charge in [0.2, 0.25) is 0 Å². The number of benzene rings is 1. The molecule has 0 aliphatic carbocycles. The second kappa shape index (κ2) is 5.64. The van der Waals surface area contributed by atoms with Crippen molar-refractivity contribution in [1.29, 1.82) is 0 Å². The first-order valence-corrected chi connectivity index (χ1v) is 6.05. The third-order valence-electron chi connectivity index (χ3n) is 2.90. The Morgan fingerprint density at radius 3 is 3.00 bits per heavy atom. The van der Waals surface area contributed by atoms with Crippen LogP contribution in [0.4, 0.5) is 11.5 Å². The molecule has 0 aliphatic heterocycles. The highest BCUT2D eigenvalue weighted by Crippen LogP contribution is 2.21. The molecule has 0 spiro atoms. The normalized spacial score (nSPS) is 12.6. The molecule has 96 valence electrons. The average molecular weight is 246 g/mol. The summed E-state index contributed by atoms with van der Waals surface area (Å²) in [5.41, 5.74) is 7.26. The van der Waals surface area contributed by atoms with E-state index in [1.165, 1.54) is 6.33 Å². The van der Waals surface area contributed by atoms with Crippen LogP contribution in [0, 0.1) is 5.92 Å². The van der Waals surface area contributed by atoms with Crippen LogP contribution < -0.4 is 11.1 Å². The minimum Gasteiger partial charge on any atom is -0.399 e. The summed E-state index contributed by atoms with van der Waals surface area (Å²) in [7, 11) is 0. The summed E-state index contributed by atoms with van der Waals surface area (Å²) in [5, 5.41) is 13.1. The highest BCUT2D eigenvalue weighted by molar-refractivity contribution is 5.90. The van der Waals surface area contributed by atoms with Crippen LogP contribution in [-0.2, 0) is 0 Å². The summed E-state index contributed by atoms with van der Waals surface area (Å²) < 4.78 is 0. The Labute approximate surface area is 106 Å². The van der Waals surface area contributed by atoms with E-state index in [-0.39, 0.29) is 6.61 Å². The van der Waals surface area contributed by atoms with Crippen LogP contribution in [0.1, 0.15) is 13.3 Å². The number of hydrogen-bond donors (Lipinski definition) is 3. The molecule has 1 unspecified atom stereocenters. The number of nitrogen functional groups attached to an aromatic ring is 1. The zero-order chi connectivity index (χ0) is 13.0. The van der Waals surface area contributed by atoms with Gasteiger partial charge in [-0.25, -0.2) is 9.97 Å². The van der Waals surface area contributed by atoms with E-state index < -0.39 is 0 Å². The third-order valence-corrected chi connectivity index (χ3v) is 2.90. The van der Waals surface area contributed by atoms with Gasteiger partial charge in [0.15, 0.2) is 0 Å². The molecular weight excluding hydrogens is 228 g/mol. The number of nitrogens with one attached hydrogen (secondary N) is 1. The van der Waals surface area contributed by atoms with Crippen LogP contribution in [0.15, 0.2) is 24.5 Å². The van der Waals surface area contributed by atoms with Crippen molar-refractivity contribution >= 4 is 22.4 Å². The first kappa shape index (κ1) is 12.6. The molecule has 5 nitrogen and oxygen atoms in total. The lowest BCUT2D eigenvalue weighted by atomic mass is 10.1. The van der Waals surface area contributed by atoms with Gasteiger partial charge in [-0.05, 0) is 30.5 Å². The van der Waals surface area contributed by atoms with Crippen molar-refractivity contribution in [3.63, 3.8) is 0 Å². The standard InChI is InChI=1S/C13H18N4O/c1-9(4-5-18)7-15-13-11-3-2-10(14)6-12(11)16-8-17-13/h2-3,6,8-9,18H,4-5,7,14H2,1H3,(H,15,16,17). The Bertz CT molecular complexity index is 529. The SMILES string of the molecule is CC(CCO)CNc1ncnc2cc(N)ccc12. The molecule has 2 aromatic rings. The number of nitrogens with zero attached hydrogens (tertiary/aromatic N) is 2. The molecule has 5 heteroatoms. The maximum Gasteiger partial charge on any atom is 0.137 e. The molecular formula is C13H18N4O. The lowest BCUT2D eigenvalue weighted by Crippen LogP contribution is -2.13. The number of aromatic nitrogens is 2. The van der Waals surface area contributed by atoms with Crippen LogP contribution in [0.25, 0.3) is 10.9 Å². The number of nitrogens with two attached hydrogens (primary N) is 1. The molecule has 1 aromatic carbocycles. The summed E-state index contributed by atoms with van der Waals surface area (Å²) >= 11 is 0. The molecule has 0 radical (unpaired) electrons. The lowest BCUT2D eigenvalue weighted by molar-refractivity contribution is 0.266. The van der Waals surface area contributed by atoms with Crippen LogP contribution in [-0.4, -0.2) is 28.2 Å². The molecule has 1 atom stereocenters. The predicted molar refractivity (Wildman–Crippen MR) is 73.3 cm³/mol. The molecule has 0 fully saturated rings. The second-order valence-corrected chi connectivity index (χ2v) is 4.50. The highest BCUT2D eigenvalue weighted by atomic mass is 16.3. The minimum atomic E-state index is 0.212. The summed E-state index contributed by atoms with van der Waals surface area (Å²) in [6, 6.07) is 5.59. The largest absolute Gasteiger partial charge is 0.399 e. The lowest BCUT2D eigenvalue weighted by Gasteiger charge is -2.13. The summed E-state index contributed by atoms with van der Waals surface area (Å²) in [5.74, 6) is 1.21. The van der Waals surface area contributed by atoms with E-state index in [4.69, 9.17) is 10.8 Å². The fraction of sp³-hybridized carbons (Fsp3) is 0.385. The predicted octanol–water partition coefficient (Wildman–Crippen LogP) is 1.64. The van der Waals surface area contributed by atoms with Gasteiger partial charge in [-0.2, -0.15) is 0 Å². The number of aliphatic hydroxyl groups is 1. The number of hydrogen-bond acceptors (Lipinski definition) is 5.